The Balaban J connectivity index is 2.90. The number of hydrogen-bond donors (Lipinski definition) is 1. The summed E-state index contributed by atoms with van der Waals surface area (Å²) in [4.78, 5) is 11.9. The second-order valence-corrected chi connectivity index (χ2v) is 4.59. The molecule has 19 heavy (non-hydrogen) atoms. The number of nitrogens with one attached hydrogen (secondary N) is 1. The van der Waals surface area contributed by atoms with Gasteiger partial charge >= 0.3 is 5.97 Å². The summed E-state index contributed by atoms with van der Waals surface area (Å²) in [5, 5.41) is 3.01. The van der Waals surface area contributed by atoms with Crippen molar-refractivity contribution in [3.05, 3.63) is 35.4 Å². The van der Waals surface area contributed by atoms with Gasteiger partial charge in [-0.25, -0.2) is 4.79 Å². The van der Waals surface area contributed by atoms with Crippen molar-refractivity contribution in [1.29, 1.82) is 0 Å². The van der Waals surface area contributed by atoms with Crippen LogP contribution in [0.15, 0.2) is 24.3 Å². The van der Waals surface area contributed by atoms with Crippen molar-refractivity contribution in [2.45, 2.75) is 32.7 Å². The number of carbonyl (C=O) groups is 1. The van der Waals surface area contributed by atoms with Crippen molar-refractivity contribution < 1.29 is 9.53 Å². The van der Waals surface area contributed by atoms with Gasteiger partial charge in [-0.2, -0.15) is 0 Å². The van der Waals surface area contributed by atoms with E-state index in [1.807, 2.05) is 24.3 Å². The minimum absolute atomic E-state index is 0.296. The second-order valence-electron chi connectivity index (χ2n) is 4.59. The topological polar surface area (TPSA) is 38.3 Å². The van der Waals surface area contributed by atoms with Crippen LogP contribution in [0.5, 0.6) is 0 Å². The lowest BCUT2D eigenvalue weighted by Gasteiger charge is -2.17. The fourth-order valence-electron chi connectivity index (χ4n) is 1.80. The molecule has 0 bridgehead atoms. The average molecular weight is 259 g/mol. The number of benzene rings is 1. The van der Waals surface area contributed by atoms with Crippen LogP contribution in [0.2, 0.25) is 0 Å². The fraction of sp³-hybridized carbons (Fsp3) is 0.438. The van der Waals surface area contributed by atoms with Crippen LogP contribution in [0.4, 0.5) is 0 Å². The highest BCUT2D eigenvalue weighted by Gasteiger charge is 2.20. The van der Waals surface area contributed by atoms with Crippen molar-refractivity contribution in [2.24, 2.45) is 0 Å². The molecule has 0 radical (unpaired) electrons. The van der Waals surface area contributed by atoms with Gasteiger partial charge in [0.15, 0.2) is 0 Å². The lowest BCUT2D eigenvalue weighted by molar-refractivity contribution is -0.145. The van der Waals surface area contributed by atoms with E-state index < -0.39 is 6.04 Å². The fourth-order valence-corrected chi connectivity index (χ4v) is 1.80. The van der Waals surface area contributed by atoms with Crippen LogP contribution in [0.3, 0.4) is 0 Å². The molecule has 1 atom stereocenters. The Hall–Kier alpha value is -1.79. The molecule has 1 aromatic carbocycles. The summed E-state index contributed by atoms with van der Waals surface area (Å²) in [5.41, 5.74) is 2.11. The Morgan fingerprint density at radius 3 is 2.37 bits per heavy atom. The largest absolute Gasteiger partial charge is 0.465 e. The Morgan fingerprint density at radius 2 is 1.89 bits per heavy atom. The van der Waals surface area contributed by atoms with Gasteiger partial charge in [0.05, 0.1) is 13.2 Å². The Labute approximate surface area is 115 Å². The Bertz CT molecular complexity index is 443. The molecule has 1 N–H and O–H groups in total. The third kappa shape index (κ3) is 4.42. The van der Waals surface area contributed by atoms with Crippen molar-refractivity contribution >= 4 is 5.97 Å². The molecule has 0 aromatic heterocycles. The zero-order chi connectivity index (χ0) is 14.3. The molecule has 0 aliphatic carbocycles. The summed E-state index contributed by atoms with van der Waals surface area (Å²) in [6.07, 6.45) is 5.23. The molecule has 0 saturated carbocycles. The van der Waals surface area contributed by atoms with Gasteiger partial charge < -0.3 is 4.74 Å². The van der Waals surface area contributed by atoms with Gasteiger partial charge in [-0.1, -0.05) is 44.0 Å². The lowest BCUT2D eigenvalue weighted by Crippen LogP contribution is -2.30. The van der Waals surface area contributed by atoms with Crippen molar-refractivity contribution in [3.63, 3.8) is 0 Å². The van der Waals surface area contributed by atoms with E-state index in [0.717, 1.165) is 5.56 Å². The monoisotopic (exact) mass is 259 g/mol. The second kappa shape index (κ2) is 7.60. The molecule has 0 fully saturated rings. The first-order valence-corrected chi connectivity index (χ1v) is 6.53. The van der Waals surface area contributed by atoms with E-state index in [0.29, 0.717) is 19.1 Å². The molecule has 0 spiro atoms. The third-order valence-electron chi connectivity index (χ3n) is 2.87. The minimum atomic E-state index is -0.503. The summed E-state index contributed by atoms with van der Waals surface area (Å²) < 4.78 is 5.06. The van der Waals surface area contributed by atoms with Crippen LogP contribution < -0.4 is 5.32 Å². The summed E-state index contributed by atoms with van der Waals surface area (Å²) in [5.74, 6) is 2.65. The average Bonchev–Trinajstić information content (AvgIpc) is 2.40. The van der Waals surface area contributed by atoms with E-state index in [2.05, 4.69) is 25.1 Å². The molecule has 0 saturated heterocycles. The van der Waals surface area contributed by atoms with Gasteiger partial charge in [0.2, 0.25) is 0 Å². The Morgan fingerprint density at radius 1 is 1.32 bits per heavy atom. The quantitative estimate of drug-likeness (QED) is 0.630. The van der Waals surface area contributed by atoms with Crippen LogP contribution in [-0.4, -0.2) is 19.1 Å². The van der Waals surface area contributed by atoms with E-state index in [4.69, 9.17) is 11.2 Å². The summed E-state index contributed by atoms with van der Waals surface area (Å²) in [6, 6.07) is 7.45. The van der Waals surface area contributed by atoms with Gasteiger partial charge in [-0.3, -0.25) is 5.32 Å². The molecule has 0 aliphatic heterocycles. The van der Waals surface area contributed by atoms with Gasteiger partial charge in [-0.15, -0.1) is 6.42 Å². The molecule has 1 rings (SSSR count). The third-order valence-corrected chi connectivity index (χ3v) is 2.87. The van der Waals surface area contributed by atoms with Crippen molar-refractivity contribution in [2.75, 3.05) is 13.2 Å². The van der Waals surface area contributed by atoms with Gasteiger partial charge in [0, 0.05) is 0 Å². The number of hydrogen-bond acceptors (Lipinski definition) is 3. The van der Waals surface area contributed by atoms with E-state index >= 15 is 0 Å². The van der Waals surface area contributed by atoms with E-state index in [9.17, 15) is 4.79 Å². The van der Waals surface area contributed by atoms with Gasteiger partial charge in [0.25, 0.3) is 0 Å². The molecule has 0 heterocycles. The van der Waals surface area contributed by atoms with Crippen LogP contribution in [-0.2, 0) is 9.53 Å². The highest BCUT2D eigenvalue weighted by atomic mass is 16.5. The summed E-state index contributed by atoms with van der Waals surface area (Å²) in [7, 11) is 0. The van der Waals surface area contributed by atoms with Crippen LogP contribution in [0, 0.1) is 12.3 Å². The molecule has 1 aromatic rings. The first-order valence-electron chi connectivity index (χ1n) is 6.53. The van der Waals surface area contributed by atoms with Crippen LogP contribution in [0.25, 0.3) is 0 Å². The summed E-state index contributed by atoms with van der Waals surface area (Å²) in [6.45, 7) is 6.74. The van der Waals surface area contributed by atoms with Crippen molar-refractivity contribution in [1.82, 2.24) is 5.32 Å². The zero-order valence-electron chi connectivity index (χ0n) is 11.8. The highest BCUT2D eigenvalue weighted by molar-refractivity contribution is 5.77. The first-order chi connectivity index (χ1) is 9.10. The molecule has 102 valence electrons. The number of rotatable bonds is 6. The molecule has 0 amide bonds. The first kappa shape index (κ1) is 15.3. The molecule has 3 heteroatoms. The minimum Gasteiger partial charge on any atom is -0.465 e. The normalized spacial score (nSPS) is 11.9. The molecule has 3 nitrogen and oxygen atoms in total. The van der Waals surface area contributed by atoms with E-state index in [-0.39, 0.29) is 5.97 Å². The number of ether oxygens (including phenoxy) is 1. The predicted molar refractivity (Wildman–Crippen MR) is 76.7 cm³/mol. The molecular formula is C16H21NO2. The molecule has 0 aliphatic rings. The van der Waals surface area contributed by atoms with Crippen molar-refractivity contribution in [3.8, 4) is 12.3 Å². The Kier molecular flexibility index (Phi) is 6.11. The molecule has 1 unspecified atom stereocenters. The summed E-state index contributed by atoms with van der Waals surface area (Å²) >= 11 is 0. The maximum absolute atomic E-state index is 11.9. The smallest absolute Gasteiger partial charge is 0.327 e. The molecular weight excluding hydrogens is 238 g/mol. The van der Waals surface area contributed by atoms with Gasteiger partial charge in [0.1, 0.15) is 6.04 Å². The standard InChI is InChI=1S/C16H21NO2/c1-5-11-17-15(16(18)19-6-2)14-9-7-13(8-10-14)12(3)4/h1,7-10,12,15,17H,6,11H2,2-4H3. The number of carbonyl (C=O) groups excluding carboxylic acids is 1. The van der Waals surface area contributed by atoms with Gasteiger partial charge in [-0.05, 0) is 24.0 Å². The maximum Gasteiger partial charge on any atom is 0.327 e. The van der Waals surface area contributed by atoms with Crippen LogP contribution >= 0.6 is 0 Å². The SMILES string of the molecule is C#CCNC(C(=O)OCC)c1ccc(C(C)C)cc1. The zero-order valence-corrected chi connectivity index (χ0v) is 11.8. The number of esters is 1. The maximum atomic E-state index is 11.9. The highest BCUT2D eigenvalue weighted by Crippen LogP contribution is 2.19. The van der Waals surface area contributed by atoms with E-state index in [1.165, 1.54) is 5.56 Å². The van der Waals surface area contributed by atoms with Crippen LogP contribution in [0.1, 0.15) is 43.9 Å². The van der Waals surface area contributed by atoms with E-state index in [1.54, 1.807) is 6.92 Å². The number of terminal acetylenes is 1. The lowest BCUT2D eigenvalue weighted by atomic mass is 9.99. The predicted octanol–water partition coefficient (Wildman–Crippen LogP) is 2.64.